The molecular formula is C11H12FN7O3. The Morgan fingerprint density at radius 2 is 2.32 bits per heavy atom. The Morgan fingerprint density at radius 1 is 1.55 bits per heavy atom. The van der Waals surface area contributed by atoms with Gasteiger partial charge in [0.15, 0.2) is 18.0 Å². The number of ether oxygens (including phenoxy) is 1. The number of halogens is 1. The minimum absolute atomic E-state index is 0.307. The maximum Gasteiger partial charge on any atom is 0.201 e. The summed E-state index contributed by atoms with van der Waals surface area (Å²) in [6, 6.07) is 0. The highest BCUT2D eigenvalue weighted by atomic mass is 19.1. The molecule has 0 spiro atoms. The normalized spacial score (nSPS) is 31.4. The lowest BCUT2D eigenvalue weighted by Gasteiger charge is -2.23. The predicted molar refractivity (Wildman–Crippen MR) is 70.0 cm³/mol. The number of aliphatic hydroxyl groups excluding tert-OH is 2. The fourth-order valence-corrected chi connectivity index (χ4v) is 2.43. The first-order valence-electron chi connectivity index (χ1n) is 6.35. The summed E-state index contributed by atoms with van der Waals surface area (Å²) in [5.41, 5.74) is 7.82. The summed E-state index contributed by atoms with van der Waals surface area (Å²) >= 11 is 0. The zero-order valence-corrected chi connectivity index (χ0v) is 11.4. The number of aromatic nitrogens is 4. The molecule has 2 aromatic rings. The van der Waals surface area contributed by atoms with E-state index in [0.29, 0.717) is 16.9 Å². The number of hydrogen-bond acceptors (Lipinski definition) is 7. The Hall–Kier alpha value is -2.33. The van der Waals surface area contributed by atoms with E-state index in [0.717, 1.165) is 0 Å². The highest BCUT2D eigenvalue weighted by Gasteiger charge is 2.56. The molecule has 0 aliphatic carbocycles. The summed E-state index contributed by atoms with van der Waals surface area (Å²) in [4.78, 5) is 14.6. The van der Waals surface area contributed by atoms with Gasteiger partial charge in [0, 0.05) is 4.91 Å². The largest absolute Gasteiger partial charge is 0.393 e. The standard InChI is InChI=1S/C11H12FN7O3/c1-5-7-9(15-3-14-5)19(4-16-7)10-6(12)8(21)11(2-20,22-10)17-18-13/h3-4,6,8,10,20-21H,2H2,1H3. The number of imidazole rings is 1. The minimum atomic E-state index is -2.09. The second-order valence-corrected chi connectivity index (χ2v) is 4.87. The first-order valence-corrected chi connectivity index (χ1v) is 6.35. The van der Waals surface area contributed by atoms with E-state index in [9.17, 15) is 14.6 Å². The van der Waals surface area contributed by atoms with E-state index in [-0.39, 0.29) is 0 Å². The van der Waals surface area contributed by atoms with Gasteiger partial charge in [0.2, 0.25) is 5.72 Å². The number of nitrogens with zero attached hydrogens (tertiary/aromatic N) is 7. The average molecular weight is 309 g/mol. The molecule has 3 heterocycles. The molecule has 4 unspecified atom stereocenters. The van der Waals surface area contributed by atoms with Crippen molar-refractivity contribution in [3.05, 3.63) is 28.8 Å². The van der Waals surface area contributed by atoms with Crippen molar-refractivity contribution >= 4 is 11.2 Å². The average Bonchev–Trinajstić information content (AvgIpc) is 3.04. The number of aliphatic hydroxyl groups is 2. The number of alkyl halides is 1. The maximum atomic E-state index is 14.4. The lowest BCUT2D eigenvalue weighted by atomic mass is 10.1. The van der Waals surface area contributed by atoms with Crippen molar-refractivity contribution in [3.8, 4) is 0 Å². The van der Waals surface area contributed by atoms with Crippen LogP contribution in [0.15, 0.2) is 17.8 Å². The molecule has 1 aliphatic heterocycles. The second-order valence-electron chi connectivity index (χ2n) is 4.87. The molecule has 0 radical (unpaired) electrons. The number of aryl methyl sites for hydroxylation is 1. The van der Waals surface area contributed by atoms with Crippen LogP contribution >= 0.6 is 0 Å². The number of azide groups is 1. The van der Waals surface area contributed by atoms with Crippen LogP contribution in [0, 0.1) is 6.92 Å². The molecule has 11 heteroatoms. The Labute approximate surface area is 122 Å². The number of hydrogen-bond donors (Lipinski definition) is 2. The van der Waals surface area contributed by atoms with E-state index < -0.39 is 30.8 Å². The van der Waals surface area contributed by atoms with Crippen molar-refractivity contribution in [1.82, 2.24) is 19.5 Å². The third-order valence-electron chi connectivity index (χ3n) is 3.62. The van der Waals surface area contributed by atoms with E-state index in [4.69, 9.17) is 10.3 Å². The van der Waals surface area contributed by atoms with Crippen LogP contribution in [0.4, 0.5) is 4.39 Å². The van der Waals surface area contributed by atoms with Gasteiger partial charge in [-0.3, -0.25) is 4.57 Å². The van der Waals surface area contributed by atoms with Gasteiger partial charge in [0.05, 0.1) is 18.6 Å². The van der Waals surface area contributed by atoms with Crippen LogP contribution in [0.3, 0.4) is 0 Å². The van der Waals surface area contributed by atoms with Gasteiger partial charge in [-0.05, 0) is 12.5 Å². The van der Waals surface area contributed by atoms with Crippen LogP contribution in [-0.2, 0) is 4.74 Å². The predicted octanol–water partition coefficient (Wildman–Crippen LogP) is 0.361. The molecule has 0 amide bonds. The molecule has 22 heavy (non-hydrogen) atoms. The van der Waals surface area contributed by atoms with Crippen LogP contribution < -0.4 is 0 Å². The molecule has 0 bridgehead atoms. The van der Waals surface area contributed by atoms with Crippen LogP contribution in [0.1, 0.15) is 11.9 Å². The Bertz CT molecular complexity index is 761. The van der Waals surface area contributed by atoms with Crippen LogP contribution in [0.25, 0.3) is 21.6 Å². The van der Waals surface area contributed by atoms with Gasteiger partial charge in [0.25, 0.3) is 0 Å². The second kappa shape index (κ2) is 5.14. The molecule has 3 rings (SSSR count). The molecule has 1 aliphatic rings. The van der Waals surface area contributed by atoms with Gasteiger partial charge in [-0.2, -0.15) is 0 Å². The van der Waals surface area contributed by atoms with Crippen LogP contribution in [0.5, 0.6) is 0 Å². The van der Waals surface area contributed by atoms with Gasteiger partial charge >= 0.3 is 0 Å². The molecule has 116 valence electrons. The van der Waals surface area contributed by atoms with E-state index in [1.165, 1.54) is 17.2 Å². The summed E-state index contributed by atoms with van der Waals surface area (Å²) in [5, 5.41) is 22.5. The topological polar surface area (TPSA) is 142 Å². The molecule has 1 fully saturated rings. The molecule has 2 N–H and O–H groups in total. The van der Waals surface area contributed by atoms with Crippen LogP contribution in [-0.4, -0.2) is 54.3 Å². The molecule has 10 nitrogen and oxygen atoms in total. The third-order valence-corrected chi connectivity index (χ3v) is 3.62. The van der Waals surface area contributed by atoms with Crippen molar-refractivity contribution in [3.63, 3.8) is 0 Å². The van der Waals surface area contributed by atoms with Gasteiger partial charge in [-0.15, -0.1) is 0 Å². The van der Waals surface area contributed by atoms with Gasteiger partial charge in [-0.25, -0.2) is 19.3 Å². The van der Waals surface area contributed by atoms with Crippen LogP contribution in [0.2, 0.25) is 0 Å². The van der Waals surface area contributed by atoms with Crippen molar-refractivity contribution in [2.45, 2.75) is 31.2 Å². The van der Waals surface area contributed by atoms with Crippen molar-refractivity contribution in [2.75, 3.05) is 6.61 Å². The summed E-state index contributed by atoms with van der Waals surface area (Å²) in [7, 11) is 0. The monoisotopic (exact) mass is 309 g/mol. The fraction of sp³-hybridized carbons (Fsp3) is 0.545. The van der Waals surface area contributed by atoms with Crippen molar-refractivity contribution in [1.29, 1.82) is 0 Å². The van der Waals surface area contributed by atoms with Gasteiger partial charge in [-0.1, -0.05) is 5.11 Å². The molecule has 4 atom stereocenters. The summed E-state index contributed by atoms with van der Waals surface area (Å²) in [6.07, 6.45) is -2.52. The smallest absolute Gasteiger partial charge is 0.201 e. The first kappa shape index (κ1) is 14.6. The number of rotatable bonds is 3. The molecule has 2 aromatic heterocycles. The van der Waals surface area contributed by atoms with E-state index in [1.54, 1.807) is 6.92 Å². The zero-order chi connectivity index (χ0) is 15.9. The Kier molecular flexibility index (Phi) is 3.41. The summed E-state index contributed by atoms with van der Waals surface area (Å²) < 4.78 is 21.0. The highest BCUT2D eigenvalue weighted by Crippen LogP contribution is 2.40. The molecule has 0 saturated carbocycles. The zero-order valence-electron chi connectivity index (χ0n) is 11.4. The first-order chi connectivity index (χ1) is 10.5. The van der Waals surface area contributed by atoms with Crippen molar-refractivity contribution < 1.29 is 19.3 Å². The van der Waals surface area contributed by atoms with E-state index in [2.05, 4.69) is 25.0 Å². The Morgan fingerprint density at radius 3 is 3.00 bits per heavy atom. The maximum absolute atomic E-state index is 14.4. The SMILES string of the molecule is Cc1ncnc2c1ncn2C1OC(CO)(N=[N+]=[N-])C(O)C1F. The fourth-order valence-electron chi connectivity index (χ4n) is 2.43. The molecule has 1 saturated heterocycles. The molecule has 0 aromatic carbocycles. The summed E-state index contributed by atoms with van der Waals surface area (Å²) in [5.74, 6) is 0. The lowest BCUT2D eigenvalue weighted by Crippen LogP contribution is -2.43. The summed E-state index contributed by atoms with van der Waals surface area (Å²) in [6.45, 7) is 0.854. The lowest BCUT2D eigenvalue weighted by molar-refractivity contribution is -0.122. The minimum Gasteiger partial charge on any atom is -0.393 e. The highest BCUT2D eigenvalue weighted by molar-refractivity contribution is 5.72. The van der Waals surface area contributed by atoms with E-state index in [1.807, 2.05) is 0 Å². The molecular weight excluding hydrogens is 297 g/mol. The quantitative estimate of drug-likeness (QED) is 0.476. The third kappa shape index (κ3) is 1.91. The van der Waals surface area contributed by atoms with Gasteiger partial charge < -0.3 is 14.9 Å². The van der Waals surface area contributed by atoms with Crippen molar-refractivity contribution in [2.24, 2.45) is 5.11 Å². The Balaban J connectivity index is 2.08. The number of fused-ring (bicyclic) bond motifs is 1. The van der Waals surface area contributed by atoms with Gasteiger partial charge in [0.1, 0.15) is 17.9 Å². The van der Waals surface area contributed by atoms with E-state index >= 15 is 0 Å².